The Hall–Kier alpha value is -2.36. The van der Waals surface area contributed by atoms with Gasteiger partial charge in [0.25, 0.3) is 0 Å². The number of fused-ring (bicyclic) bond motifs is 3. The first kappa shape index (κ1) is 15.2. The first-order valence-electron chi connectivity index (χ1n) is 8.63. The van der Waals surface area contributed by atoms with Gasteiger partial charge in [-0.05, 0) is 30.2 Å². The molecule has 0 saturated carbocycles. The largest absolute Gasteiger partial charge is 0.469 e. The van der Waals surface area contributed by atoms with Crippen LogP contribution >= 0.6 is 0 Å². The van der Waals surface area contributed by atoms with Crippen molar-refractivity contribution in [2.45, 2.75) is 44.9 Å². The van der Waals surface area contributed by atoms with Gasteiger partial charge >= 0.3 is 0 Å². The molecule has 0 amide bonds. The lowest BCUT2D eigenvalue weighted by Crippen LogP contribution is -2.40. The molecule has 4 heteroatoms. The summed E-state index contributed by atoms with van der Waals surface area (Å²) in [6, 6.07) is 15.0. The molecule has 0 fully saturated rings. The zero-order valence-electron chi connectivity index (χ0n) is 13.8. The van der Waals surface area contributed by atoms with E-state index in [9.17, 15) is 4.39 Å². The Morgan fingerprint density at radius 3 is 2.75 bits per heavy atom. The quantitative estimate of drug-likeness (QED) is 0.800. The van der Waals surface area contributed by atoms with E-state index in [2.05, 4.69) is 18.0 Å². The van der Waals surface area contributed by atoms with Crippen LogP contribution in [0.3, 0.4) is 0 Å². The van der Waals surface area contributed by atoms with Gasteiger partial charge in [0, 0.05) is 18.4 Å². The predicted molar refractivity (Wildman–Crippen MR) is 92.5 cm³/mol. The van der Waals surface area contributed by atoms with Crippen LogP contribution < -0.4 is 4.74 Å². The van der Waals surface area contributed by atoms with E-state index in [4.69, 9.17) is 9.84 Å². The van der Waals surface area contributed by atoms with Crippen LogP contribution in [-0.4, -0.2) is 16.9 Å². The van der Waals surface area contributed by atoms with E-state index in [1.165, 1.54) is 17.7 Å². The number of para-hydroxylation sites is 1. The monoisotopic (exact) mass is 324 g/mol. The predicted octanol–water partition coefficient (Wildman–Crippen LogP) is 4.89. The first-order valence-corrected chi connectivity index (χ1v) is 8.63. The maximum Gasteiger partial charge on any atom is 0.187 e. The van der Waals surface area contributed by atoms with E-state index in [0.29, 0.717) is 0 Å². The number of ether oxygens (including phenoxy) is 1. The van der Waals surface area contributed by atoms with Crippen LogP contribution in [0.5, 0.6) is 5.75 Å². The molecule has 0 aromatic heterocycles. The Bertz CT molecular complexity index is 756. The molecule has 124 valence electrons. The fraction of sp³-hybridized carbons (Fsp3) is 0.350. The first-order chi connectivity index (χ1) is 11.8. The molecule has 0 radical (unpaired) electrons. The van der Waals surface area contributed by atoms with Gasteiger partial charge in [0.05, 0.1) is 11.8 Å². The molecular formula is C20H21FN2O. The lowest BCUT2D eigenvalue weighted by atomic mass is 9.96. The molecule has 4 rings (SSSR count). The fourth-order valence-electron chi connectivity index (χ4n) is 3.50. The normalized spacial score (nSPS) is 21.8. The topological polar surface area (TPSA) is 24.8 Å². The van der Waals surface area contributed by atoms with Gasteiger partial charge in [0.15, 0.2) is 6.23 Å². The van der Waals surface area contributed by atoms with E-state index in [1.54, 1.807) is 12.1 Å². The Morgan fingerprint density at radius 2 is 1.96 bits per heavy atom. The number of hydrazone groups is 1. The maximum atomic E-state index is 13.2. The average Bonchev–Trinajstić information content (AvgIpc) is 3.06. The van der Waals surface area contributed by atoms with Crippen molar-refractivity contribution in [1.82, 2.24) is 5.01 Å². The summed E-state index contributed by atoms with van der Waals surface area (Å²) in [6.07, 6.45) is 4.00. The number of hydrogen-bond acceptors (Lipinski definition) is 3. The third-order valence-electron chi connectivity index (χ3n) is 4.76. The van der Waals surface area contributed by atoms with E-state index in [0.717, 1.165) is 42.7 Å². The smallest absolute Gasteiger partial charge is 0.187 e. The third kappa shape index (κ3) is 2.66. The highest BCUT2D eigenvalue weighted by molar-refractivity contribution is 6.01. The summed E-state index contributed by atoms with van der Waals surface area (Å²) in [5.74, 6) is 0.750. The van der Waals surface area contributed by atoms with Crippen molar-refractivity contribution in [2.24, 2.45) is 5.10 Å². The zero-order chi connectivity index (χ0) is 16.5. The molecule has 2 heterocycles. The lowest BCUT2D eigenvalue weighted by Gasteiger charge is -2.38. The van der Waals surface area contributed by atoms with Crippen LogP contribution in [0.25, 0.3) is 0 Å². The Kier molecular flexibility index (Phi) is 3.97. The molecule has 2 aromatic carbocycles. The Morgan fingerprint density at radius 1 is 1.17 bits per heavy atom. The maximum absolute atomic E-state index is 13.2. The van der Waals surface area contributed by atoms with Crippen LogP contribution in [0.15, 0.2) is 53.6 Å². The summed E-state index contributed by atoms with van der Waals surface area (Å²) in [4.78, 5) is 0. The van der Waals surface area contributed by atoms with Crippen LogP contribution in [-0.2, 0) is 0 Å². The SMILES string of the molecule is CCCC[C@@H]1Oc2ccccc2[C@H]2CC(c3ccc(F)cc3)=NN12. The van der Waals surface area contributed by atoms with Gasteiger partial charge in [-0.2, -0.15) is 5.10 Å². The second-order valence-electron chi connectivity index (χ2n) is 6.41. The highest BCUT2D eigenvalue weighted by Crippen LogP contribution is 2.43. The summed E-state index contributed by atoms with van der Waals surface area (Å²) in [5.41, 5.74) is 3.17. The minimum absolute atomic E-state index is 0.0252. The van der Waals surface area contributed by atoms with Crippen molar-refractivity contribution in [3.63, 3.8) is 0 Å². The van der Waals surface area contributed by atoms with Crippen molar-refractivity contribution in [1.29, 1.82) is 0 Å². The summed E-state index contributed by atoms with van der Waals surface area (Å²) in [7, 11) is 0. The Labute approximate surface area is 141 Å². The number of hydrogen-bond donors (Lipinski definition) is 0. The van der Waals surface area contributed by atoms with Crippen LogP contribution in [0.4, 0.5) is 4.39 Å². The van der Waals surface area contributed by atoms with Gasteiger partial charge in [-0.25, -0.2) is 4.39 Å². The summed E-state index contributed by atoms with van der Waals surface area (Å²) in [5, 5.41) is 6.95. The van der Waals surface area contributed by atoms with Crippen molar-refractivity contribution >= 4 is 5.71 Å². The zero-order valence-corrected chi connectivity index (χ0v) is 13.8. The van der Waals surface area contributed by atoms with Gasteiger partial charge in [-0.15, -0.1) is 0 Å². The molecule has 0 saturated heterocycles. The van der Waals surface area contributed by atoms with Crippen LogP contribution in [0.2, 0.25) is 0 Å². The van der Waals surface area contributed by atoms with Crippen LogP contribution in [0.1, 0.15) is 49.8 Å². The van der Waals surface area contributed by atoms with E-state index >= 15 is 0 Å². The van der Waals surface area contributed by atoms with Gasteiger partial charge in [-0.1, -0.05) is 43.7 Å². The number of benzene rings is 2. The second kappa shape index (κ2) is 6.27. The van der Waals surface area contributed by atoms with Gasteiger partial charge in [0.2, 0.25) is 0 Å². The standard InChI is InChI=1S/C20H21FN2O/c1-2-3-8-20-23-18(16-6-4-5-7-19(16)24-20)13-17(22-23)14-9-11-15(21)12-10-14/h4-7,9-12,18,20H,2-3,8,13H2,1H3/t18-,20+/m1/s1. The molecule has 0 bridgehead atoms. The van der Waals surface area contributed by atoms with Crippen molar-refractivity contribution in [2.75, 3.05) is 0 Å². The van der Waals surface area contributed by atoms with E-state index < -0.39 is 0 Å². The average molecular weight is 324 g/mol. The van der Waals surface area contributed by atoms with Gasteiger partial charge < -0.3 is 4.74 Å². The highest BCUT2D eigenvalue weighted by atomic mass is 19.1. The van der Waals surface area contributed by atoms with Gasteiger partial charge in [0.1, 0.15) is 11.6 Å². The van der Waals surface area contributed by atoms with Crippen LogP contribution in [0, 0.1) is 5.82 Å². The molecule has 3 nitrogen and oxygen atoms in total. The second-order valence-corrected chi connectivity index (χ2v) is 6.41. The number of unbranched alkanes of at least 4 members (excludes halogenated alkanes) is 1. The Balaban J connectivity index is 1.68. The minimum Gasteiger partial charge on any atom is -0.469 e. The summed E-state index contributed by atoms with van der Waals surface area (Å²) >= 11 is 0. The molecular weight excluding hydrogens is 303 g/mol. The molecule has 24 heavy (non-hydrogen) atoms. The number of rotatable bonds is 4. The lowest BCUT2D eigenvalue weighted by molar-refractivity contribution is -0.0231. The van der Waals surface area contributed by atoms with E-state index in [1.807, 2.05) is 18.2 Å². The molecule has 2 aliphatic heterocycles. The number of nitrogens with zero attached hydrogens (tertiary/aromatic N) is 2. The molecule has 2 aliphatic rings. The molecule has 2 aromatic rings. The van der Waals surface area contributed by atoms with Crippen molar-refractivity contribution in [3.8, 4) is 5.75 Å². The summed E-state index contributed by atoms with van der Waals surface area (Å²) < 4.78 is 19.4. The molecule has 0 unspecified atom stereocenters. The summed E-state index contributed by atoms with van der Waals surface area (Å²) in [6.45, 7) is 2.19. The molecule has 2 atom stereocenters. The fourth-order valence-corrected chi connectivity index (χ4v) is 3.50. The number of halogens is 1. The minimum atomic E-state index is -0.218. The van der Waals surface area contributed by atoms with Crippen molar-refractivity contribution in [3.05, 3.63) is 65.5 Å². The van der Waals surface area contributed by atoms with Crippen molar-refractivity contribution < 1.29 is 9.13 Å². The highest BCUT2D eigenvalue weighted by Gasteiger charge is 2.39. The van der Waals surface area contributed by atoms with E-state index in [-0.39, 0.29) is 18.1 Å². The molecule has 0 spiro atoms. The molecule has 0 aliphatic carbocycles. The van der Waals surface area contributed by atoms with Gasteiger partial charge in [-0.3, -0.25) is 5.01 Å². The molecule has 0 N–H and O–H groups in total. The third-order valence-corrected chi connectivity index (χ3v) is 4.76.